The van der Waals surface area contributed by atoms with E-state index in [2.05, 4.69) is 10.0 Å². The van der Waals surface area contributed by atoms with E-state index >= 15 is 0 Å². The van der Waals surface area contributed by atoms with E-state index in [4.69, 9.17) is 24.5 Å². The van der Waals surface area contributed by atoms with Gasteiger partial charge in [0.25, 0.3) is 0 Å². The van der Waals surface area contributed by atoms with Gasteiger partial charge in [-0.25, -0.2) is 4.79 Å². The molecule has 0 saturated carbocycles. The molecular formula is C19H29N3O6. The van der Waals surface area contributed by atoms with E-state index in [1.54, 1.807) is 30.3 Å². The van der Waals surface area contributed by atoms with Gasteiger partial charge in [0.15, 0.2) is 6.29 Å². The zero-order valence-electron chi connectivity index (χ0n) is 16.6. The minimum Gasteiger partial charge on any atom is -0.459 e. The number of rotatable bonds is 14. The first-order valence-corrected chi connectivity index (χ1v) is 9.24. The summed E-state index contributed by atoms with van der Waals surface area (Å²) in [6.45, 7) is 3.84. The number of hydrogen-bond acceptors (Lipinski definition) is 7. The molecule has 1 aromatic rings. The molecule has 0 aliphatic rings. The third kappa shape index (κ3) is 8.69. The number of carbonyl (C=O) groups is 1. The summed E-state index contributed by atoms with van der Waals surface area (Å²) < 4.78 is 22.1. The highest BCUT2D eigenvalue weighted by molar-refractivity contribution is 5.89. The molecule has 1 rings (SSSR count). The number of esters is 1. The van der Waals surface area contributed by atoms with Gasteiger partial charge in [-0.3, -0.25) is 0 Å². The van der Waals surface area contributed by atoms with Crippen molar-refractivity contribution in [3.8, 4) is 0 Å². The molecule has 9 heteroatoms. The molecule has 156 valence electrons. The van der Waals surface area contributed by atoms with Crippen molar-refractivity contribution in [1.82, 2.24) is 0 Å². The van der Waals surface area contributed by atoms with Gasteiger partial charge in [0, 0.05) is 18.6 Å². The monoisotopic (exact) mass is 395 g/mol. The third-order valence-corrected chi connectivity index (χ3v) is 3.93. The van der Waals surface area contributed by atoms with Crippen LogP contribution >= 0.6 is 0 Å². The summed E-state index contributed by atoms with van der Waals surface area (Å²) in [6, 6.07) is 8.53. The Balaban J connectivity index is 2.72. The lowest BCUT2D eigenvalue weighted by Crippen LogP contribution is -2.43. The van der Waals surface area contributed by atoms with Crippen LogP contribution in [0.15, 0.2) is 35.4 Å². The topological polar surface area (TPSA) is 123 Å². The van der Waals surface area contributed by atoms with E-state index in [0.29, 0.717) is 12.2 Å². The van der Waals surface area contributed by atoms with Crippen molar-refractivity contribution in [3.05, 3.63) is 46.3 Å². The summed E-state index contributed by atoms with van der Waals surface area (Å²) in [4.78, 5) is 14.8. The predicted molar refractivity (Wildman–Crippen MR) is 103 cm³/mol. The van der Waals surface area contributed by atoms with E-state index in [1.165, 1.54) is 14.0 Å². The van der Waals surface area contributed by atoms with Gasteiger partial charge in [0.1, 0.15) is 18.8 Å². The Morgan fingerprint density at radius 3 is 2.57 bits per heavy atom. The van der Waals surface area contributed by atoms with Crippen molar-refractivity contribution < 1.29 is 28.8 Å². The van der Waals surface area contributed by atoms with Gasteiger partial charge < -0.3 is 24.1 Å². The van der Waals surface area contributed by atoms with Crippen molar-refractivity contribution in [2.75, 3.05) is 26.9 Å². The highest BCUT2D eigenvalue weighted by Gasteiger charge is 2.29. The maximum Gasteiger partial charge on any atom is 0.338 e. The molecule has 0 spiro atoms. The second kappa shape index (κ2) is 13.9. The van der Waals surface area contributed by atoms with Crippen LogP contribution in [0.1, 0.15) is 37.0 Å². The minimum absolute atomic E-state index is 0.00898. The Kier molecular flexibility index (Phi) is 11.9. The van der Waals surface area contributed by atoms with Crippen LogP contribution < -0.4 is 0 Å². The van der Waals surface area contributed by atoms with E-state index in [1.807, 2.05) is 6.92 Å². The summed E-state index contributed by atoms with van der Waals surface area (Å²) in [5, 5.41) is 13.6. The second-order valence-corrected chi connectivity index (χ2v) is 6.16. The fourth-order valence-electron chi connectivity index (χ4n) is 2.29. The normalized spacial score (nSPS) is 15.1. The van der Waals surface area contributed by atoms with Crippen LogP contribution in [0.3, 0.4) is 0 Å². The van der Waals surface area contributed by atoms with Gasteiger partial charge in [-0.1, -0.05) is 36.7 Å². The number of aliphatic hydroxyl groups excluding tert-OH is 1. The number of methoxy groups -OCH3 is 1. The Morgan fingerprint density at radius 2 is 2.00 bits per heavy atom. The lowest BCUT2D eigenvalue weighted by molar-refractivity contribution is -0.232. The number of nitrogens with zero attached hydrogens (tertiary/aromatic N) is 3. The minimum atomic E-state index is -0.933. The maximum absolute atomic E-state index is 12.1. The molecule has 1 N–H and O–H groups in total. The fourth-order valence-corrected chi connectivity index (χ4v) is 2.29. The fraction of sp³-hybridized carbons (Fsp3) is 0.632. The van der Waals surface area contributed by atoms with Gasteiger partial charge in [0.2, 0.25) is 0 Å². The first-order valence-electron chi connectivity index (χ1n) is 9.24. The molecule has 0 aliphatic carbocycles. The molecule has 28 heavy (non-hydrogen) atoms. The van der Waals surface area contributed by atoms with E-state index in [9.17, 15) is 9.90 Å². The molecule has 0 radical (unpaired) electrons. The molecule has 0 saturated heterocycles. The summed E-state index contributed by atoms with van der Waals surface area (Å²) in [7, 11) is 1.42. The van der Waals surface area contributed by atoms with Gasteiger partial charge in [0.05, 0.1) is 18.2 Å². The first kappa shape index (κ1) is 23.9. The van der Waals surface area contributed by atoms with E-state index in [0.717, 1.165) is 12.8 Å². The van der Waals surface area contributed by atoms with Gasteiger partial charge in [-0.05, 0) is 31.0 Å². The van der Waals surface area contributed by atoms with Crippen LogP contribution in [0.5, 0.6) is 0 Å². The highest BCUT2D eigenvalue weighted by Crippen LogP contribution is 2.14. The Labute approximate surface area is 165 Å². The zero-order valence-corrected chi connectivity index (χ0v) is 16.6. The van der Waals surface area contributed by atoms with Crippen LogP contribution in [0.4, 0.5) is 0 Å². The van der Waals surface area contributed by atoms with Gasteiger partial charge in [-0.15, -0.1) is 0 Å². The van der Waals surface area contributed by atoms with Crippen molar-refractivity contribution in [3.63, 3.8) is 0 Å². The number of benzene rings is 1. The van der Waals surface area contributed by atoms with E-state index < -0.39 is 30.6 Å². The van der Waals surface area contributed by atoms with Crippen LogP contribution in [-0.4, -0.2) is 62.5 Å². The summed E-state index contributed by atoms with van der Waals surface area (Å²) in [5.74, 6) is -0.520. The second-order valence-electron chi connectivity index (χ2n) is 6.16. The molecule has 0 aliphatic heterocycles. The number of aliphatic hydroxyl groups is 1. The van der Waals surface area contributed by atoms with Crippen molar-refractivity contribution >= 4 is 5.97 Å². The SMILES string of the molecule is CCCCO[C@@H](CN=[N+]=[N-])[C@@H](OC)OC(COC(=O)c1ccccc1)[C@@H](C)O. The van der Waals surface area contributed by atoms with Gasteiger partial charge in [-0.2, -0.15) is 0 Å². The lowest BCUT2D eigenvalue weighted by Gasteiger charge is -2.30. The zero-order chi connectivity index (χ0) is 20.8. The maximum atomic E-state index is 12.1. The van der Waals surface area contributed by atoms with Gasteiger partial charge >= 0.3 is 5.97 Å². The van der Waals surface area contributed by atoms with Crippen molar-refractivity contribution in [2.24, 2.45) is 5.11 Å². The van der Waals surface area contributed by atoms with Crippen LogP contribution in [0.2, 0.25) is 0 Å². The highest BCUT2D eigenvalue weighted by atomic mass is 16.7. The molecular weight excluding hydrogens is 366 g/mol. The average Bonchev–Trinajstić information content (AvgIpc) is 2.71. The third-order valence-electron chi connectivity index (χ3n) is 3.93. The Morgan fingerprint density at radius 1 is 1.29 bits per heavy atom. The summed E-state index contributed by atoms with van der Waals surface area (Å²) in [6.07, 6.45) is -1.57. The molecule has 9 nitrogen and oxygen atoms in total. The molecule has 0 fully saturated rings. The summed E-state index contributed by atoms with van der Waals surface area (Å²) in [5.41, 5.74) is 8.99. The number of azide groups is 1. The lowest BCUT2D eigenvalue weighted by atomic mass is 10.2. The predicted octanol–water partition coefficient (Wildman–Crippen LogP) is 3.08. The molecule has 0 aromatic heterocycles. The first-order chi connectivity index (χ1) is 13.5. The smallest absolute Gasteiger partial charge is 0.338 e. The van der Waals surface area contributed by atoms with Crippen LogP contribution in [0, 0.1) is 0 Å². The van der Waals surface area contributed by atoms with Crippen molar-refractivity contribution in [1.29, 1.82) is 0 Å². The van der Waals surface area contributed by atoms with Crippen molar-refractivity contribution in [2.45, 2.75) is 51.3 Å². The number of carbonyl (C=O) groups excluding carboxylic acids is 1. The molecule has 4 atom stereocenters. The number of ether oxygens (including phenoxy) is 4. The molecule has 0 bridgehead atoms. The number of unbranched alkanes of at least 4 members (excludes halogenated alkanes) is 1. The Bertz CT molecular complexity index is 607. The molecule has 0 heterocycles. The van der Waals surface area contributed by atoms with Crippen LogP contribution in [0.25, 0.3) is 10.4 Å². The average molecular weight is 395 g/mol. The molecule has 1 unspecified atom stereocenters. The van der Waals surface area contributed by atoms with Crippen LogP contribution in [-0.2, 0) is 18.9 Å². The number of hydrogen-bond donors (Lipinski definition) is 1. The molecule has 1 aromatic carbocycles. The summed E-state index contributed by atoms with van der Waals surface area (Å²) >= 11 is 0. The standard InChI is InChI=1S/C19H29N3O6/c1-4-5-11-26-16(12-21-22-20)19(25-3)28-17(14(2)23)13-27-18(24)15-9-7-6-8-10-15/h6-10,14,16-17,19,23H,4-5,11-13H2,1-3H3/t14-,16+,17?,19+/m1/s1. The van der Waals surface area contributed by atoms with E-state index in [-0.39, 0.29) is 13.2 Å². The quantitative estimate of drug-likeness (QED) is 0.129. The largest absolute Gasteiger partial charge is 0.459 e. The Hall–Kier alpha value is -2.16. The molecule has 0 amide bonds.